The first-order chi connectivity index (χ1) is 10.0. The minimum absolute atomic E-state index is 0.132. The molecule has 4 N–H and O–H groups in total. The molecule has 0 aliphatic heterocycles. The Morgan fingerprint density at radius 1 is 1.38 bits per heavy atom. The van der Waals surface area contributed by atoms with Crippen LogP contribution in [0.25, 0.3) is 10.9 Å². The van der Waals surface area contributed by atoms with Crippen LogP contribution in [-0.4, -0.2) is 26.1 Å². The second-order valence-electron chi connectivity index (χ2n) is 4.62. The monoisotopic (exact) mass is 305 g/mol. The molecule has 1 aromatic carbocycles. The van der Waals surface area contributed by atoms with Crippen molar-refractivity contribution in [2.45, 2.75) is 13.5 Å². The highest BCUT2D eigenvalue weighted by Crippen LogP contribution is 2.24. The molecule has 0 saturated carbocycles. The van der Waals surface area contributed by atoms with Crippen molar-refractivity contribution in [3.05, 3.63) is 50.8 Å². The number of halogens is 1. The Bertz CT molecular complexity index is 876. The fourth-order valence-corrected chi connectivity index (χ4v) is 2.34. The molecule has 3 rings (SSSR count). The van der Waals surface area contributed by atoms with Gasteiger partial charge in [-0.25, -0.2) is 9.89 Å². The van der Waals surface area contributed by atoms with Crippen LogP contribution in [0.3, 0.4) is 0 Å². The third-order valence-corrected chi connectivity index (χ3v) is 3.45. The van der Waals surface area contributed by atoms with Gasteiger partial charge in [0.1, 0.15) is 11.5 Å². The summed E-state index contributed by atoms with van der Waals surface area (Å²) in [5.74, 6) is 0.0915. The Balaban J connectivity index is 1.84. The number of nitrogens with zero attached hydrogens (tertiary/aromatic N) is 1. The van der Waals surface area contributed by atoms with Crippen molar-refractivity contribution in [1.82, 2.24) is 25.5 Å². The Morgan fingerprint density at radius 2 is 2.19 bits per heavy atom. The number of fused-ring (bicyclic) bond motifs is 1. The molecule has 7 nitrogen and oxygen atoms in total. The van der Waals surface area contributed by atoms with Crippen LogP contribution < -0.4 is 11.0 Å². The summed E-state index contributed by atoms with van der Waals surface area (Å²) >= 11 is 5.96. The maximum absolute atomic E-state index is 12.2. The minimum atomic E-state index is -0.407. The first-order valence-corrected chi connectivity index (χ1v) is 6.62. The number of aromatic nitrogens is 4. The molecule has 21 heavy (non-hydrogen) atoms. The van der Waals surface area contributed by atoms with Crippen molar-refractivity contribution in [3.8, 4) is 0 Å². The van der Waals surface area contributed by atoms with Gasteiger partial charge in [-0.3, -0.25) is 9.78 Å². The molecule has 1 amide bonds. The Hall–Kier alpha value is -2.54. The highest BCUT2D eigenvalue weighted by atomic mass is 35.5. The van der Waals surface area contributed by atoms with E-state index in [1.807, 2.05) is 19.1 Å². The van der Waals surface area contributed by atoms with Crippen LogP contribution in [0.2, 0.25) is 5.02 Å². The van der Waals surface area contributed by atoms with Crippen LogP contribution in [0, 0.1) is 6.92 Å². The van der Waals surface area contributed by atoms with E-state index in [0.717, 1.165) is 16.5 Å². The van der Waals surface area contributed by atoms with Gasteiger partial charge in [-0.1, -0.05) is 11.6 Å². The topological polar surface area (TPSA) is 106 Å². The molecule has 0 aliphatic carbocycles. The number of carbonyl (C=O) groups excluding carboxylic acids is 1. The second kappa shape index (κ2) is 5.10. The molecule has 0 spiro atoms. The van der Waals surface area contributed by atoms with E-state index >= 15 is 0 Å². The van der Waals surface area contributed by atoms with Crippen molar-refractivity contribution >= 4 is 28.4 Å². The van der Waals surface area contributed by atoms with Gasteiger partial charge in [-0.05, 0) is 30.7 Å². The van der Waals surface area contributed by atoms with Gasteiger partial charge in [0.2, 0.25) is 0 Å². The molecule has 0 bridgehead atoms. The van der Waals surface area contributed by atoms with Gasteiger partial charge in [0.25, 0.3) is 5.91 Å². The minimum Gasteiger partial charge on any atom is -0.350 e. The third-order valence-electron chi connectivity index (χ3n) is 3.21. The summed E-state index contributed by atoms with van der Waals surface area (Å²) in [5.41, 5.74) is 1.72. The number of hydrogen-bond donors (Lipinski definition) is 4. The van der Waals surface area contributed by atoms with Gasteiger partial charge in [0, 0.05) is 15.9 Å². The van der Waals surface area contributed by atoms with Gasteiger partial charge in [0.05, 0.1) is 6.54 Å². The lowest BCUT2D eigenvalue weighted by Crippen LogP contribution is -2.24. The van der Waals surface area contributed by atoms with Gasteiger partial charge < -0.3 is 10.3 Å². The number of H-pyrrole nitrogens is 3. The highest BCUT2D eigenvalue weighted by Gasteiger charge is 2.15. The summed E-state index contributed by atoms with van der Waals surface area (Å²) in [5, 5.41) is 10.2. The van der Waals surface area contributed by atoms with Gasteiger partial charge in [-0.15, -0.1) is 0 Å². The summed E-state index contributed by atoms with van der Waals surface area (Å²) in [4.78, 5) is 28.6. The Labute approximate surface area is 123 Å². The summed E-state index contributed by atoms with van der Waals surface area (Å²) < 4.78 is 0. The molecule has 2 aromatic heterocycles. The van der Waals surface area contributed by atoms with Gasteiger partial charge in [-0.2, -0.15) is 5.10 Å². The lowest BCUT2D eigenvalue weighted by molar-refractivity contribution is 0.0945. The Kier molecular flexibility index (Phi) is 3.26. The highest BCUT2D eigenvalue weighted by molar-refractivity contribution is 6.31. The van der Waals surface area contributed by atoms with E-state index in [-0.39, 0.29) is 12.5 Å². The van der Waals surface area contributed by atoms with Crippen molar-refractivity contribution in [2.24, 2.45) is 0 Å². The molecule has 2 heterocycles. The van der Waals surface area contributed by atoms with Gasteiger partial charge >= 0.3 is 5.69 Å². The lowest BCUT2D eigenvalue weighted by Gasteiger charge is -2.02. The predicted octanol–water partition coefficient (Wildman–Crippen LogP) is 1.47. The average molecular weight is 306 g/mol. The fraction of sp³-hybridized carbons (Fsp3) is 0.154. The molecule has 0 aliphatic rings. The van der Waals surface area contributed by atoms with Crippen molar-refractivity contribution in [1.29, 1.82) is 0 Å². The van der Waals surface area contributed by atoms with E-state index in [9.17, 15) is 9.59 Å². The maximum Gasteiger partial charge on any atom is 0.340 e. The largest absolute Gasteiger partial charge is 0.350 e. The lowest BCUT2D eigenvalue weighted by atomic mass is 10.1. The van der Waals surface area contributed by atoms with Crippen molar-refractivity contribution < 1.29 is 4.79 Å². The molecule has 0 radical (unpaired) electrons. The smallest absolute Gasteiger partial charge is 0.340 e. The van der Waals surface area contributed by atoms with Crippen LogP contribution in [0.4, 0.5) is 0 Å². The summed E-state index contributed by atoms with van der Waals surface area (Å²) in [7, 11) is 0. The number of nitrogens with one attached hydrogen (secondary N) is 4. The zero-order valence-corrected chi connectivity index (χ0v) is 11.8. The molecular weight excluding hydrogens is 294 g/mol. The standard InChI is InChI=1S/C13H12ClN5O2/c1-6-8-4-7(14)2-3-9(8)16-11(6)12(20)15-5-10-17-13(21)19-18-10/h2-4,16H,5H2,1H3,(H,15,20)(H2,17,18,19,21). The first kappa shape index (κ1) is 13.4. The van der Waals surface area contributed by atoms with E-state index in [4.69, 9.17) is 11.6 Å². The van der Waals surface area contributed by atoms with E-state index < -0.39 is 5.69 Å². The van der Waals surface area contributed by atoms with E-state index in [1.54, 1.807) is 6.07 Å². The molecular formula is C13H12ClN5O2. The number of aromatic amines is 3. The van der Waals surface area contributed by atoms with Crippen molar-refractivity contribution in [3.63, 3.8) is 0 Å². The zero-order chi connectivity index (χ0) is 15.0. The van der Waals surface area contributed by atoms with Crippen LogP contribution >= 0.6 is 11.6 Å². The normalized spacial score (nSPS) is 11.0. The van der Waals surface area contributed by atoms with E-state index in [1.165, 1.54) is 0 Å². The van der Waals surface area contributed by atoms with E-state index in [0.29, 0.717) is 16.5 Å². The zero-order valence-electron chi connectivity index (χ0n) is 11.1. The van der Waals surface area contributed by atoms with Crippen LogP contribution in [0.1, 0.15) is 21.9 Å². The third kappa shape index (κ3) is 2.55. The first-order valence-electron chi connectivity index (χ1n) is 6.24. The van der Waals surface area contributed by atoms with Crippen LogP contribution in [0.5, 0.6) is 0 Å². The summed E-state index contributed by atoms with van der Waals surface area (Å²) in [6.07, 6.45) is 0. The molecule has 108 valence electrons. The SMILES string of the molecule is Cc1c(C(=O)NCc2n[nH]c(=O)[nH]2)[nH]c2ccc(Cl)cc12. The fourth-order valence-electron chi connectivity index (χ4n) is 2.17. The van der Waals surface area contributed by atoms with Crippen molar-refractivity contribution in [2.75, 3.05) is 0 Å². The summed E-state index contributed by atoms with van der Waals surface area (Å²) in [6.45, 7) is 1.98. The Morgan fingerprint density at radius 3 is 2.90 bits per heavy atom. The number of aryl methyl sites for hydroxylation is 1. The van der Waals surface area contributed by atoms with Gasteiger partial charge in [0.15, 0.2) is 0 Å². The molecule has 8 heteroatoms. The number of carbonyl (C=O) groups is 1. The van der Waals surface area contributed by atoms with Crippen LogP contribution in [0.15, 0.2) is 23.0 Å². The number of hydrogen-bond acceptors (Lipinski definition) is 3. The molecule has 0 saturated heterocycles. The number of benzene rings is 1. The van der Waals surface area contributed by atoms with E-state index in [2.05, 4.69) is 25.5 Å². The number of amides is 1. The molecule has 0 atom stereocenters. The molecule has 0 fully saturated rings. The summed E-state index contributed by atoms with van der Waals surface area (Å²) in [6, 6.07) is 5.40. The predicted molar refractivity (Wildman–Crippen MR) is 78.4 cm³/mol. The number of rotatable bonds is 3. The molecule has 0 unspecified atom stereocenters. The quantitative estimate of drug-likeness (QED) is 0.588. The van der Waals surface area contributed by atoms with Crippen LogP contribution in [-0.2, 0) is 6.54 Å². The second-order valence-corrected chi connectivity index (χ2v) is 5.06. The molecule has 3 aromatic rings. The maximum atomic E-state index is 12.2. The average Bonchev–Trinajstić information content (AvgIpc) is 3.01.